The Morgan fingerprint density at radius 1 is 1.47 bits per heavy atom. The molecule has 17 heavy (non-hydrogen) atoms. The SMILES string of the molecule is N#Cc1ccc(NCC(F)(F)F)cc1[N+](=O)[O-]. The molecular weight excluding hydrogens is 239 g/mol. The summed E-state index contributed by atoms with van der Waals surface area (Å²) in [7, 11) is 0. The number of benzene rings is 1. The van der Waals surface area contributed by atoms with Crippen LogP contribution < -0.4 is 5.32 Å². The maximum absolute atomic E-state index is 11.9. The Labute approximate surface area is 93.6 Å². The molecule has 0 aliphatic rings. The lowest BCUT2D eigenvalue weighted by Gasteiger charge is -2.09. The van der Waals surface area contributed by atoms with Crippen molar-refractivity contribution in [3.05, 3.63) is 33.9 Å². The second-order valence-electron chi connectivity index (χ2n) is 3.07. The van der Waals surface area contributed by atoms with Gasteiger partial charge in [0.15, 0.2) is 0 Å². The van der Waals surface area contributed by atoms with Gasteiger partial charge in [-0.2, -0.15) is 18.4 Å². The van der Waals surface area contributed by atoms with Gasteiger partial charge in [0.25, 0.3) is 5.69 Å². The molecule has 1 N–H and O–H groups in total. The normalized spacial score (nSPS) is 10.7. The Balaban J connectivity index is 2.94. The Morgan fingerprint density at radius 2 is 2.12 bits per heavy atom. The number of nitro groups is 1. The van der Waals surface area contributed by atoms with Crippen LogP contribution >= 0.6 is 0 Å². The predicted octanol–water partition coefficient (Wildman–Crippen LogP) is 2.44. The highest BCUT2D eigenvalue weighted by atomic mass is 19.4. The summed E-state index contributed by atoms with van der Waals surface area (Å²) in [4.78, 5) is 9.72. The van der Waals surface area contributed by atoms with Crippen molar-refractivity contribution >= 4 is 11.4 Å². The molecule has 0 unspecified atom stereocenters. The van der Waals surface area contributed by atoms with E-state index in [1.165, 1.54) is 6.07 Å². The highest BCUT2D eigenvalue weighted by Crippen LogP contribution is 2.23. The van der Waals surface area contributed by atoms with Crippen molar-refractivity contribution in [2.75, 3.05) is 11.9 Å². The lowest BCUT2D eigenvalue weighted by molar-refractivity contribution is -0.385. The van der Waals surface area contributed by atoms with Gasteiger partial charge in [0, 0.05) is 11.8 Å². The van der Waals surface area contributed by atoms with Crippen molar-refractivity contribution in [1.29, 1.82) is 5.26 Å². The summed E-state index contributed by atoms with van der Waals surface area (Å²) < 4.78 is 35.7. The van der Waals surface area contributed by atoms with E-state index in [9.17, 15) is 23.3 Å². The standard InChI is InChI=1S/C9H6F3N3O2/c10-9(11,12)5-14-7-2-1-6(4-13)8(3-7)15(16)17/h1-3,14H,5H2. The summed E-state index contributed by atoms with van der Waals surface area (Å²) in [6.45, 7) is -1.30. The van der Waals surface area contributed by atoms with Gasteiger partial charge in [-0.25, -0.2) is 0 Å². The Morgan fingerprint density at radius 3 is 2.59 bits per heavy atom. The Hall–Kier alpha value is -2.30. The van der Waals surface area contributed by atoms with Gasteiger partial charge >= 0.3 is 6.18 Å². The van der Waals surface area contributed by atoms with E-state index >= 15 is 0 Å². The number of hydrogen-bond acceptors (Lipinski definition) is 4. The first-order valence-corrected chi connectivity index (χ1v) is 4.32. The van der Waals surface area contributed by atoms with Gasteiger partial charge < -0.3 is 5.32 Å². The number of nitrogens with one attached hydrogen (secondary N) is 1. The first-order valence-electron chi connectivity index (χ1n) is 4.32. The summed E-state index contributed by atoms with van der Waals surface area (Å²) in [5.74, 6) is 0. The van der Waals surface area contributed by atoms with Gasteiger partial charge in [0.05, 0.1) is 4.92 Å². The molecule has 0 atom stereocenters. The van der Waals surface area contributed by atoms with Crippen LogP contribution in [-0.4, -0.2) is 17.6 Å². The molecule has 1 aromatic rings. The smallest absolute Gasteiger partial charge is 0.376 e. The van der Waals surface area contributed by atoms with Crippen LogP contribution in [0.25, 0.3) is 0 Å². The molecule has 0 radical (unpaired) electrons. The molecule has 0 aliphatic carbocycles. The van der Waals surface area contributed by atoms with Crippen LogP contribution in [0.3, 0.4) is 0 Å². The molecule has 0 aliphatic heterocycles. The van der Waals surface area contributed by atoms with E-state index in [1.54, 1.807) is 6.07 Å². The third-order valence-electron chi connectivity index (χ3n) is 1.81. The first-order chi connectivity index (χ1) is 7.83. The molecule has 1 aromatic carbocycles. The summed E-state index contributed by atoms with van der Waals surface area (Å²) in [5, 5.41) is 21.1. The number of halogens is 3. The van der Waals surface area contributed by atoms with E-state index in [0.29, 0.717) is 0 Å². The van der Waals surface area contributed by atoms with Crippen molar-refractivity contribution in [3.8, 4) is 6.07 Å². The molecule has 0 saturated heterocycles. The van der Waals surface area contributed by atoms with E-state index in [2.05, 4.69) is 0 Å². The minimum atomic E-state index is -4.41. The molecule has 90 valence electrons. The van der Waals surface area contributed by atoms with E-state index in [-0.39, 0.29) is 11.3 Å². The molecule has 0 spiro atoms. The maximum Gasteiger partial charge on any atom is 0.405 e. The fourth-order valence-electron chi connectivity index (χ4n) is 1.09. The third-order valence-corrected chi connectivity index (χ3v) is 1.81. The average Bonchev–Trinajstić information content (AvgIpc) is 2.25. The minimum Gasteiger partial charge on any atom is -0.376 e. The van der Waals surface area contributed by atoms with Crippen molar-refractivity contribution in [1.82, 2.24) is 0 Å². The zero-order chi connectivity index (χ0) is 13.1. The number of nitriles is 1. The largest absolute Gasteiger partial charge is 0.405 e. The minimum absolute atomic E-state index is 0.0620. The fraction of sp³-hybridized carbons (Fsp3) is 0.222. The maximum atomic E-state index is 11.9. The monoisotopic (exact) mass is 245 g/mol. The molecule has 0 saturated carbocycles. The molecule has 0 bridgehead atoms. The van der Waals surface area contributed by atoms with Gasteiger partial charge in [0.2, 0.25) is 0 Å². The second-order valence-corrected chi connectivity index (χ2v) is 3.07. The summed E-state index contributed by atoms with van der Waals surface area (Å²) in [6, 6.07) is 4.75. The number of anilines is 1. The second kappa shape index (κ2) is 4.69. The van der Waals surface area contributed by atoms with Crippen LogP contribution in [0.5, 0.6) is 0 Å². The van der Waals surface area contributed by atoms with E-state index < -0.39 is 23.3 Å². The molecule has 0 aromatic heterocycles. The van der Waals surface area contributed by atoms with E-state index in [4.69, 9.17) is 5.26 Å². The molecule has 1 rings (SSSR count). The van der Waals surface area contributed by atoms with Gasteiger partial charge in [-0.05, 0) is 12.1 Å². The van der Waals surface area contributed by atoms with Crippen molar-refractivity contribution in [3.63, 3.8) is 0 Å². The van der Waals surface area contributed by atoms with Gasteiger partial charge in [-0.3, -0.25) is 10.1 Å². The molecule has 0 fully saturated rings. The van der Waals surface area contributed by atoms with Crippen molar-refractivity contribution in [2.24, 2.45) is 0 Å². The number of rotatable bonds is 3. The summed E-state index contributed by atoms with van der Waals surface area (Å²) in [5.41, 5.74) is -0.791. The van der Waals surface area contributed by atoms with Crippen LogP contribution in [-0.2, 0) is 0 Å². The van der Waals surface area contributed by atoms with Crippen LogP contribution in [0.1, 0.15) is 5.56 Å². The van der Waals surface area contributed by atoms with Gasteiger partial charge in [-0.1, -0.05) is 0 Å². The fourth-order valence-corrected chi connectivity index (χ4v) is 1.09. The first kappa shape index (κ1) is 12.8. The molecular formula is C9H6F3N3O2. The third kappa shape index (κ3) is 3.64. The van der Waals surface area contributed by atoms with Crippen molar-refractivity contribution < 1.29 is 18.1 Å². The van der Waals surface area contributed by atoms with Crippen LogP contribution in [0, 0.1) is 21.4 Å². The number of nitrogens with zero attached hydrogens (tertiary/aromatic N) is 2. The van der Waals surface area contributed by atoms with Gasteiger partial charge in [0.1, 0.15) is 18.2 Å². The van der Waals surface area contributed by atoms with E-state index in [0.717, 1.165) is 12.1 Å². The van der Waals surface area contributed by atoms with Crippen molar-refractivity contribution in [2.45, 2.75) is 6.18 Å². The molecule has 8 heteroatoms. The van der Waals surface area contributed by atoms with Crippen LogP contribution in [0.15, 0.2) is 18.2 Å². The Bertz CT molecular complexity index is 479. The predicted molar refractivity (Wildman–Crippen MR) is 52.4 cm³/mol. The molecule has 0 amide bonds. The van der Waals surface area contributed by atoms with Gasteiger partial charge in [-0.15, -0.1) is 0 Å². The zero-order valence-corrected chi connectivity index (χ0v) is 8.28. The molecule has 0 heterocycles. The lowest BCUT2D eigenvalue weighted by atomic mass is 10.2. The number of alkyl halides is 3. The highest BCUT2D eigenvalue weighted by Gasteiger charge is 2.27. The number of hydrogen-bond donors (Lipinski definition) is 1. The molecule has 5 nitrogen and oxygen atoms in total. The summed E-state index contributed by atoms with van der Waals surface area (Å²) >= 11 is 0. The lowest BCUT2D eigenvalue weighted by Crippen LogP contribution is -2.21. The van der Waals surface area contributed by atoms with Crippen LogP contribution in [0.4, 0.5) is 24.5 Å². The Kier molecular flexibility index (Phi) is 3.52. The number of nitro benzene ring substituents is 1. The quantitative estimate of drug-likeness (QED) is 0.655. The van der Waals surface area contributed by atoms with Crippen LogP contribution in [0.2, 0.25) is 0 Å². The average molecular weight is 245 g/mol. The van der Waals surface area contributed by atoms with E-state index in [1.807, 2.05) is 5.32 Å². The topological polar surface area (TPSA) is 79.0 Å². The summed E-state index contributed by atoms with van der Waals surface area (Å²) in [6.07, 6.45) is -4.41. The highest BCUT2D eigenvalue weighted by molar-refractivity contribution is 5.59. The zero-order valence-electron chi connectivity index (χ0n) is 8.28.